The highest BCUT2D eigenvalue weighted by molar-refractivity contribution is 5.91. The SMILES string of the molecule is CC=COc1c(O)c2c(OCCC(O)CO)cccc2oc1=O. The van der Waals surface area contributed by atoms with Gasteiger partial charge in [-0.25, -0.2) is 4.79 Å². The molecular weight excluding hydrogens is 304 g/mol. The van der Waals surface area contributed by atoms with Crippen LogP contribution in [0.25, 0.3) is 11.0 Å². The number of allylic oxidation sites excluding steroid dienone is 1. The van der Waals surface area contributed by atoms with Crippen LogP contribution < -0.4 is 15.1 Å². The molecule has 0 spiro atoms. The van der Waals surface area contributed by atoms with Gasteiger partial charge in [-0.1, -0.05) is 12.1 Å². The molecule has 1 unspecified atom stereocenters. The molecule has 3 N–H and O–H groups in total. The maximum Gasteiger partial charge on any atom is 0.383 e. The molecule has 0 aliphatic heterocycles. The number of hydrogen-bond acceptors (Lipinski definition) is 7. The molecule has 1 atom stereocenters. The number of aliphatic hydroxyl groups excluding tert-OH is 2. The van der Waals surface area contributed by atoms with Crippen molar-refractivity contribution in [2.45, 2.75) is 19.4 Å². The van der Waals surface area contributed by atoms with Gasteiger partial charge in [-0.3, -0.25) is 0 Å². The van der Waals surface area contributed by atoms with Crippen molar-refractivity contribution in [1.82, 2.24) is 0 Å². The second kappa shape index (κ2) is 7.66. The van der Waals surface area contributed by atoms with Crippen molar-refractivity contribution in [2.75, 3.05) is 13.2 Å². The van der Waals surface area contributed by atoms with Gasteiger partial charge in [-0.2, -0.15) is 0 Å². The van der Waals surface area contributed by atoms with Crippen LogP contribution in [0.15, 0.2) is 39.7 Å². The van der Waals surface area contributed by atoms with E-state index in [4.69, 9.17) is 19.0 Å². The quantitative estimate of drug-likeness (QED) is 0.524. The fourth-order valence-electron chi connectivity index (χ4n) is 1.94. The summed E-state index contributed by atoms with van der Waals surface area (Å²) in [6.07, 6.45) is 2.14. The highest BCUT2D eigenvalue weighted by Crippen LogP contribution is 2.37. The first-order valence-electron chi connectivity index (χ1n) is 7.06. The molecular formula is C16H18O7. The lowest BCUT2D eigenvalue weighted by atomic mass is 10.2. The normalized spacial score (nSPS) is 12.7. The predicted molar refractivity (Wildman–Crippen MR) is 82.8 cm³/mol. The summed E-state index contributed by atoms with van der Waals surface area (Å²) in [5, 5.41) is 28.6. The van der Waals surface area contributed by atoms with Crippen molar-refractivity contribution < 1.29 is 29.2 Å². The Morgan fingerprint density at radius 1 is 1.39 bits per heavy atom. The van der Waals surface area contributed by atoms with Gasteiger partial charge in [0.25, 0.3) is 5.75 Å². The maximum atomic E-state index is 11.8. The largest absolute Gasteiger partial charge is 0.503 e. The number of aliphatic hydroxyl groups is 2. The fourth-order valence-corrected chi connectivity index (χ4v) is 1.94. The van der Waals surface area contributed by atoms with Gasteiger partial charge in [-0.05, 0) is 19.1 Å². The molecule has 124 valence electrons. The van der Waals surface area contributed by atoms with Crippen LogP contribution in [0, 0.1) is 0 Å². The monoisotopic (exact) mass is 322 g/mol. The lowest BCUT2D eigenvalue weighted by Crippen LogP contribution is -2.15. The van der Waals surface area contributed by atoms with Crippen molar-refractivity contribution in [3.8, 4) is 17.2 Å². The highest BCUT2D eigenvalue weighted by Gasteiger charge is 2.18. The minimum absolute atomic E-state index is 0.116. The average Bonchev–Trinajstić information content (AvgIpc) is 2.54. The second-order valence-corrected chi connectivity index (χ2v) is 4.76. The van der Waals surface area contributed by atoms with Crippen LogP contribution in [0.3, 0.4) is 0 Å². The molecule has 2 rings (SSSR count). The van der Waals surface area contributed by atoms with E-state index in [1.165, 1.54) is 12.3 Å². The standard InChI is InChI=1S/C16H18O7/c1-2-7-22-15-14(19)13-11(21-8-6-10(18)9-17)4-3-5-12(13)23-16(15)20/h2-5,7,10,17-19H,6,8-9H2,1H3. The first-order chi connectivity index (χ1) is 11.1. The van der Waals surface area contributed by atoms with Crippen molar-refractivity contribution in [3.63, 3.8) is 0 Å². The van der Waals surface area contributed by atoms with Crippen molar-refractivity contribution in [1.29, 1.82) is 0 Å². The molecule has 0 aliphatic carbocycles. The van der Waals surface area contributed by atoms with Gasteiger partial charge >= 0.3 is 5.63 Å². The number of ether oxygens (including phenoxy) is 2. The summed E-state index contributed by atoms with van der Waals surface area (Å²) in [5.74, 6) is -0.436. The van der Waals surface area contributed by atoms with E-state index in [0.717, 1.165) is 0 Å². The van der Waals surface area contributed by atoms with E-state index in [1.54, 1.807) is 25.1 Å². The van der Waals surface area contributed by atoms with Crippen molar-refractivity contribution in [2.24, 2.45) is 0 Å². The molecule has 1 aromatic carbocycles. The van der Waals surface area contributed by atoms with Crippen LogP contribution >= 0.6 is 0 Å². The molecule has 0 bridgehead atoms. The zero-order valence-electron chi connectivity index (χ0n) is 12.6. The van der Waals surface area contributed by atoms with Gasteiger partial charge in [0.1, 0.15) is 16.7 Å². The molecule has 0 saturated carbocycles. The van der Waals surface area contributed by atoms with E-state index < -0.39 is 11.7 Å². The van der Waals surface area contributed by atoms with Crippen LogP contribution in [0.1, 0.15) is 13.3 Å². The Morgan fingerprint density at radius 3 is 2.87 bits per heavy atom. The Kier molecular flexibility index (Phi) is 5.61. The fraction of sp³-hybridized carbons (Fsp3) is 0.312. The lowest BCUT2D eigenvalue weighted by Gasteiger charge is -2.12. The Bertz CT molecular complexity index is 748. The molecule has 7 nitrogen and oxygen atoms in total. The van der Waals surface area contributed by atoms with Crippen molar-refractivity contribution in [3.05, 3.63) is 41.0 Å². The van der Waals surface area contributed by atoms with E-state index in [0.29, 0.717) is 0 Å². The second-order valence-electron chi connectivity index (χ2n) is 4.76. The molecule has 1 aromatic heterocycles. The number of benzene rings is 1. The van der Waals surface area contributed by atoms with Gasteiger partial charge in [0.15, 0.2) is 5.75 Å². The molecule has 7 heteroatoms. The van der Waals surface area contributed by atoms with Gasteiger partial charge in [0.05, 0.1) is 25.6 Å². The minimum Gasteiger partial charge on any atom is -0.503 e. The number of rotatable bonds is 7. The maximum absolute atomic E-state index is 11.8. The third kappa shape index (κ3) is 3.82. The summed E-state index contributed by atoms with van der Waals surface area (Å²) < 4.78 is 15.7. The predicted octanol–water partition coefficient (Wildman–Crippen LogP) is 1.53. The zero-order valence-corrected chi connectivity index (χ0v) is 12.6. The third-order valence-corrected chi connectivity index (χ3v) is 3.07. The first kappa shape index (κ1) is 16.9. The lowest BCUT2D eigenvalue weighted by molar-refractivity contribution is 0.0756. The summed E-state index contributed by atoms with van der Waals surface area (Å²) in [4.78, 5) is 11.8. The van der Waals surface area contributed by atoms with Crippen molar-refractivity contribution >= 4 is 11.0 Å². The summed E-state index contributed by atoms with van der Waals surface area (Å²) in [6.45, 7) is 1.45. The molecule has 23 heavy (non-hydrogen) atoms. The summed E-state index contributed by atoms with van der Waals surface area (Å²) in [7, 11) is 0. The average molecular weight is 322 g/mol. The van der Waals surface area contributed by atoms with E-state index in [2.05, 4.69) is 0 Å². The number of hydrogen-bond donors (Lipinski definition) is 3. The third-order valence-electron chi connectivity index (χ3n) is 3.07. The Morgan fingerprint density at radius 2 is 2.17 bits per heavy atom. The Hall–Kier alpha value is -2.51. The van der Waals surface area contributed by atoms with E-state index in [9.17, 15) is 15.0 Å². The van der Waals surface area contributed by atoms with Gasteiger partial charge in [0.2, 0.25) is 0 Å². The Balaban J connectivity index is 2.39. The number of fused-ring (bicyclic) bond motifs is 1. The molecule has 0 radical (unpaired) electrons. The molecule has 0 aliphatic rings. The molecule has 1 heterocycles. The minimum atomic E-state index is -0.884. The first-order valence-corrected chi connectivity index (χ1v) is 7.06. The topological polar surface area (TPSA) is 109 Å². The summed E-state index contributed by atoms with van der Waals surface area (Å²) in [6, 6.07) is 4.72. The van der Waals surface area contributed by atoms with Gasteiger partial charge in [-0.15, -0.1) is 0 Å². The van der Waals surface area contributed by atoms with Gasteiger partial charge < -0.3 is 29.2 Å². The van der Waals surface area contributed by atoms with E-state index in [-0.39, 0.29) is 47.9 Å². The molecule has 0 fully saturated rings. The van der Waals surface area contributed by atoms with Crippen LogP contribution in [0.4, 0.5) is 0 Å². The zero-order chi connectivity index (χ0) is 16.8. The van der Waals surface area contributed by atoms with Crippen LogP contribution in [0.2, 0.25) is 0 Å². The van der Waals surface area contributed by atoms with Crippen LogP contribution in [-0.4, -0.2) is 34.6 Å². The van der Waals surface area contributed by atoms with Gasteiger partial charge in [0, 0.05) is 6.42 Å². The molecule has 0 amide bonds. The smallest absolute Gasteiger partial charge is 0.383 e. The Labute approximate surface area is 132 Å². The van der Waals surface area contributed by atoms with E-state index in [1.807, 2.05) is 0 Å². The summed E-state index contributed by atoms with van der Waals surface area (Å²) >= 11 is 0. The number of aromatic hydroxyl groups is 1. The molecule has 0 saturated heterocycles. The molecule has 2 aromatic rings. The van der Waals surface area contributed by atoms with Crippen LogP contribution in [0.5, 0.6) is 17.2 Å². The highest BCUT2D eigenvalue weighted by atomic mass is 16.5. The van der Waals surface area contributed by atoms with Crippen LogP contribution in [-0.2, 0) is 0 Å². The summed E-state index contributed by atoms with van der Waals surface area (Å²) in [5.41, 5.74) is -0.651. The van der Waals surface area contributed by atoms with E-state index >= 15 is 0 Å².